The summed E-state index contributed by atoms with van der Waals surface area (Å²) in [6.07, 6.45) is 0. The highest BCUT2D eigenvalue weighted by Crippen LogP contribution is 2.17. The Bertz CT molecular complexity index is 310. The minimum absolute atomic E-state index is 0.290. The summed E-state index contributed by atoms with van der Waals surface area (Å²) >= 11 is 0. The normalized spacial score (nSPS) is 10.7. The van der Waals surface area contributed by atoms with E-state index in [4.69, 9.17) is 4.74 Å². The van der Waals surface area contributed by atoms with Gasteiger partial charge in [0, 0.05) is 0 Å². The summed E-state index contributed by atoms with van der Waals surface area (Å²) in [5.41, 5.74) is 0.905. The molecule has 0 aromatic heterocycles. The molecule has 3 heteroatoms. The van der Waals surface area contributed by atoms with Crippen molar-refractivity contribution in [2.45, 2.75) is 20.8 Å². The van der Waals surface area contributed by atoms with Crippen molar-refractivity contribution in [1.82, 2.24) is 4.90 Å². The minimum atomic E-state index is -0.290. The van der Waals surface area contributed by atoms with E-state index in [9.17, 15) is 4.39 Å². The number of halogens is 1. The molecular formula is C12H18FNO. The van der Waals surface area contributed by atoms with Gasteiger partial charge in [-0.3, -0.25) is 4.90 Å². The zero-order chi connectivity index (χ0) is 11.3. The van der Waals surface area contributed by atoms with Crippen LogP contribution in [0.2, 0.25) is 0 Å². The Labute approximate surface area is 90.7 Å². The molecule has 0 aliphatic heterocycles. The number of benzene rings is 1. The largest absolute Gasteiger partial charge is 0.475 e. The molecular weight excluding hydrogens is 193 g/mol. The molecule has 84 valence electrons. The number of hydrogen-bond donors (Lipinski definition) is 0. The predicted molar refractivity (Wildman–Crippen MR) is 59.6 cm³/mol. The van der Waals surface area contributed by atoms with Gasteiger partial charge in [-0.25, -0.2) is 4.39 Å². The molecule has 1 aromatic carbocycles. The van der Waals surface area contributed by atoms with Crippen LogP contribution in [0.15, 0.2) is 18.2 Å². The predicted octanol–water partition coefficient (Wildman–Crippen LogP) is 2.81. The summed E-state index contributed by atoms with van der Waals surface area (Å²) in [4.78, 5) is 2.08. The first-order valence-corrected chi connectivity index (χ1v) is 5.28. The van der Waals surface area contributed by atoms with Gasteiger partial charge >= 0.3 is 0 Å². The van der Waals surface area contributed by atoms with Crippen LogP contribution in [0.25, 0.3) is 0 Å². The fourth-order valence-corrected chi connectivity index (χ4v) is 1.29. The van der Waals surface area contributed by atoms with E-state index in [0.29, 0.717) is 12.5 Å². The standard InChI is InChI=1S/C12H18FNO/c1-4-14(5-2)9-15-12-7-6-10(3)8-11(12)13/h6-8H,4-5,9H2,1-3H3. The monoisotopic (exact) mass is 211 g/mol. The van der Waals surface area contributed by atoms with Crippen LogP contribution >= 0.6 is 0 Å². The highest BCUT2D eigenvalue weighted by molar-refractivity contribution is 5.28. The number of ether oxygens (including phenoxy) is 1. The second-order valence-corrected chi connectivity index (χ2v) is 3.51. The molecule has 0 radical (unpaired) electrons. The first kappa shape index (κ1) is 12.0. The molecule has 0 atom stereocenters. The minimum Gasteiger partial charge on any atom is -0.475 e. The molecule has 0 aliphatic rings. The Balaban J connectivity index is 2.57. The summed E-state index contributed by atoms with van der Waals surface area (Å²) in [7, 11) is 0. The van der Waals surface area contributed by atoms with Gasteiger partial charge < -0.3 is 4.74 Å². The van der Waals surface area contributed by atoms with E-state index in [0.717, 1.165) is 18.7 Å². The van der Waals surface area contributed by atoms with Gasteiger partial charge in [-0.05, 0) is 37.7 Å². The zero-order valence-corrected chi connectivity index (χ0v) is 9.59. The molecule has 0 bridgehead atoms. The Morgan fingerprint density at radius 2 is 1.93 bits per heavy atom. The molecule has 1 aromatic rings. The maximum absolute atomic E-state index is 13.4. The number of nitrogens with zero attached hydrogens (tertiary/aromatic N) is 1. The second kappa shape index (κ2) is 5.71. The van der Waals surface area contributed by atoms with Crippen LogP contribution in [0.3, 0.4) is 0 Å². The van der Waals surface area contributed by atoms with E-state index in [1.807, 2.05) is 13.0 Å². The highest BCUT2D eigenvalue weighted by Gasteiger charge is 2.05. The van der Waals surface area contributed by atoms with Gasteiger partial charge in [-0.15, -0.1) is 0 Å². The lowest BCUT2D eigenvalue weighted by Crippen LogP contribution is -2.27. The van der Waals surface area contributed by atoms with Crippen LogP contribution in [0.4, 0.5) is 4.39 Å². The Morgan fingerprint density at radius 1 is 1.27 bits per heavy atom. The fraction of sp³-hybridized carbons (Fsp3) is 0.500. The van der Waals surface area contributed by atoms with E-state index in [-0.39, 0.29) is 5.82 Å². The molecule has 1 rings (SSSR count). The third-order valence-corrected chi connectivity index (χ3v) is 2.38. The molecule has 0 N–H and O–H groups in total. The molecule has 0 saturated carbocycles. The van der Waals surface area contributed by atoms with Crippen LogP contribution < -0.4 is 4.74 Å². The van der Waals surface area contributed by atoms with Gasteiger partial charge in [0.1, 0.15) is 6.73 Å². The molecule has 0 heterocycles. The maximum atomic E-state index is 13.4. The Kier molecular flexibility index (Phi) is 4.56. The van der Waals surface area contributed by atoms with E-state index in [1.165, 1.54) is 6.07 Å². The van der Waals surface area contributed by atoms with Crippen molar-refractivity contribution < 1.29 is 9.13 Å². The maximum Gasteiger partial charge on any atom is 0.165 e. The summed E-state index contributed by atoms with van der Waals surface area (Å²) < 4.78 is 18.8. The summed E-state index contributed by atoms with van der Waals surface area (Å²) in [6, 6.07) is 5.01. The van der Waals surface area contributed by atoms with Crippen molar-refractivity contribution in [3.63, 3.8) is 0 Å². The lowest BCUT2D eigenvalue weighted by atomic mass is 10.2. The molecule has 0 spiro atoms. The summed E-state index contributed by atoms with van der Waals surface area (Å²) in [6.45, 7) is 8.22. The lowest BCUT2D eigenvalue weighted by Gasteiger charge is -2.18. The first-order valence-electron chi connectivity index (χ1n) is 5.28. The van der Waals surface area contributed by atoms with E-state index in [2.05, 4.69) is 18.7 Å². The van der Waals surface area contributed by atoms with E-state index in [1.54, 1.807) is 6.07 Å². The molecule has 0 amide bonds. The van der Waals surface area contributed by atoms with Crippen LogP contribution in [0, 0.1) is 12.7 Å². The third-order valence-electron chi connectivity index (χ3n) is 2.38. The zero-order valence-electron chi connectivity index (χ0n) is 9.59. The molecule has 15 heavy (non-hydrogen) atoms. The number of aryl methyl sites for hydroxylation is 1. The van der Waals surface area contributed by atoms with Gasteiger partial charge in [-0.2, -0.15) is 0 Å². The first-order chi connectivity index (χ1) is 7.17. The van der Waals surface area contributed by atoms with Crippen molar-refractivity contribution in [1.29, 1.82) is 0 Å². The van der Waals surface area contributed by atoms with Crippen LogP contribution in [-0.2, 0) is 0 Å². The van der Waals surface area contributed by atoms with Crippen molar-refractivity contribution in [2.75, 3.05) is 19.8 Å². The van der Waals surface area contributed by atoms with Crippen molar-refractivity contribution in [2.24, 2.45) is 0 Å². The Hall–Kier alpha value is -1.09. The van der Waals surface area contributed by atoms with Crippen molar-refractivity contribution in [3.8, 4) is 5.75 Å². The quantitative estimate of drug-likeness (QED) is 0.694. The molecule has 0 saturated heterocycles. The van der Waals surface area contributed by atoms with Gasteiger partial charge in [0.2, 0.25) is 0 Å². The van der Waals surface area contributed by atoms with Crippen LogP contribution in [0.1, 0.15) is 19.4 Å². The molecule has 0 fully saturated rings. The average molecular weight is 211 g/mol. The van der Waals surface area contributed by atoms with Gasteiger partial charge in [-0.1, -0.05) is 19.9 Å². The van der Waals surface area contributed by atoms with Crippen LogP contribution in [-0.4, -0.2) is 24.7 Å². The number of rotatable bonds is 5. The lowest BCUT2D eigenvalue weighted by molar-refractivity contribution is 0.133. The fourth-order valence-electron chi connectivity index (χ4n) is 1.29. The van der Waals surface area contributed by atoms with E-state index < -0.39 is 0 Å². The number of hydrogen-bond acceptors (Lipinski definition) is 2. The van der Waals surface area contributed by atoms with Gasteiger partial charge in [0.25, 0.3) is 0 Å². The van der Waals surface area contributed by atoms with Crippen molar-refractivity contribution >= 4 is 0 Å². The average Bonchev–Trinajstić information content (AvgIpc) is 2.22. The SMILES string of the molecule is CCN(CC)COc1ccc(C)cc1F. The summed E-state index contributed by atoms with van der Waals surface area (Å²) in [5.74, 6) is 0.0367. The van der Waals surface area contributed by atoms with E-state index >= 15 is 0 Å². The van der Waals surface area contributed by atoms with Crippen LogP contribution in [0.5, 0.6) is 5.75 Å². The third kappa shape index (κ3) is 3.51. The Morgan fingerprint density at radius 3 is 2.47 bits per heavy atom. The second-order valence-electron chi connectivity index (χ2n) is 3.51. The molecule has 0 aliphatic carbocycles. The molecule has 2 nitrogen and oxygen atoms in total. The summed E-state index contributed by atoms with van der Waals surface area (Å²) in [5, 5.41) is 0. The highest BCUT2D eigenvalue weighted by atomic mass is 19.1. The van der Waals surface area contributed by atoms with Crippen molar-refractivity contribution in [3.05, 3.63) is 29.6 Å². The topological polar surface area (TPSA) is 12.5 Å². The molecule has 0 unspecified atom stereocenters. The smallest absolute Gasteiger partial charge is 0.165 e. The van der Waals surface area contributed by atoms with Gasteiger partial charge in [0.15, 0.2) is 11.6 Å². The van der Waals surface area contributed by atoms with Gasteiger partial charge in [0.05, 0.1) is 0 Å².